The van der Waals surface area contributed by atoms with Crippen LogP contribution in [-0.4, -0.2) is 63.8 Å². The Morgan fingerprint density at radius 3 is 2.67 bits per heavy atom. The maximum absolute atomic E-state index is 13.6. The zero-order valence-corrected chi connectivity index (χ0v) is 14.8. The van der Waals surface area contributed by atoms with Crippen LogP contribution in [0, 0.1) is 11.7 Å². The number of rotatable bonds is 7. The van der Waals surface area contributed by atoms with Crippen molar-refractivity contribution in [1.82, 2.24) is 10.2 Å². The number of hydrogen-bond donors (Lipinski definition) is 1. The highest BCUT2D eigenvalue weighted by Gasteiger charge is 2.20. The van der Waals surface area contributed by atoms with Crippen molar-refractivity contribution in [2.75, 3.05) is 57.9 Å². The number of ether oxygens (including phenoxy) is 1. The van der Waals surface area contributed by atoms with Gasteiger partial charge in [-0.1, -0.05) is 13.8 Å². The van der Waals surface area contributed by atoms with E-state index in [1.54, 1.807) is 6.07 Å². The van der Waals surface area contributed by atoms with E-state index in [1.165, 1.54) is 12.1 Å². The Hall–Kier alpha value is -1.66. The van der Waals surface area contributed by atoms with Crippen molar-refractivity contribution in [3.8, 4) is 0 Å². The van der Waals surface area contributed by atoms with Crippen molar-refractivity contribution in [1.29, 1.82) is 0 Å². The lowest BCUT2D eigenvalue weighted by Crippen LogP contribution is -2.45. The lowest BCUT2D eigenvalue weighted by Gasteiger charge is -2.35. The zero-order chi connectivity index (χ0) is 17.5. The Kier molecular flexibility index (Phi) is 6.99. The van der Waals surface area contributed by atoms with Crippen LogP contribution in [-0.2, 0) is 4.74 Å². The molecule has 0 spiro atoms. The largest absolute Gasteiger partial charge is 0.379 e. The number of likely N-dealkylation sites (N-methyl/N-ethyl adjacent to an activating group) is 1. The fourth-order valence-electron chi connectivity index (χ4n) is 2.66. The molecule has 1 fully saturated rings. The molecule has 0 radical (unpaired) electrons. The van der Waals surface area contributed by atoms with Crippen LogP contribution >= 0.6 is 0 Å². The van der Waals surface area contributed by atoms with Crippen molar-refractivity contribution in [2.45, 2.75) is 13.8 Å². The molecule has 134 valence electrons. The summed E-state index contributed by atoms with van der Waals surface area (Å²) in [5.41, 5.74) is 1.19. The Bertz CT molecular complexity index is 543. The number of hydrogen-bond acceptors (Lipinski definition) is 4. The van der Waals surface area contributed by atoms with Gasteiger partial charge in [0.15, 0.2) is 0 Å². The summed E-state index contributed by atoms with van der Waals surface area (Å²) in [5.74, 6) is -0.182. The molecule has 1 aromatic carbocycles. The smallest absolute Gasteiger partial charge is 0.253 e. The van der Waals surface area contributed by atoms with Gasteiger partial charge in [0.25, 0.3) is 5.91 Å². The van der Waals surface area contributed by atoms with Crippen molar-refractivity contribution in [3.05, 3.63) is 29.6 Å². The van der Waals surface area contributed by atoms with E-state index in [2.05, 4.69) is 36.0 Å². The van der Waals surface area contributed by atoms with Gasteiger partial charge < -0.3 is 19.9 Å². The van der Waals surface area contributed by atoms with Gasteiger partial charge in [-0.25, -0.2) is 4.39 Å². The van der Waals surface area contributed by atoms with Gasteiger partial charge >= 0.3 is 0 Å². The molecule has 1 saturated heterocycles. The van der Waals surface area contributed by atoms with Crippen LogP contribution < -0.4 is 10.2 Å². The molecular weight excluding hydrogens is 309 g/mol. The Balaban J connectivity index is 1.97. The molecule has 1 amide bonds. The first kappa shape index (κ1) is 18.7. The third-order valence-electron chi connectivity index (χ3n) is 4.03. The molecule has 0 bridgehead atoms. The van der Waals surface area contributed by atoms with Crippen LogP contribution in [0.1, 0.15) is 24.2 Å². The van der Waals surface area contributed by atoms with E-state index < -0.39 is 5.82 Å². The van der Waals surface area contributed by atoms with Crippen LogP contribution in [0.2, 0.25) is 0 Å². The van der Waals surface area contributed by atoms with E-state index in [4.69, 9.17) is 4.74 Å². The lowest BCUT2D eigenvalue weighted by molar-refractivity contribution is 0.0886. The third-order valence-corrected chi connectivity index (χ3v) is 4.03. The van der Waals surface area contributed by atoms with Crippen LogP contribution in [0.15, 0.2) is 18.2 Å². The van der Waals surface area contributed by atoms with Gasteiger partial charge in [0.05, 0.1) is 12.2 Å². The third kappa shape index (κ3) is 5.46. The SMILES string of the molecule is CC(C)COCCNC(=O)c1cc(F)ccc1N1CCN(C)CC1. The van der Waals surface area contributed by atoms with Crippen LogP contribution in [0.5, 0.6) is 0 Å². The Labute approximate surface area is 143 Å². The molecule has 1 aliphatic rings. The first-order valence-electron chi connectivity index (χ1n) is 8.56. The van der Waals surface area contributed by atoms with Crippen LogP contribution in [0.3, 0.4) is 0 Å². The maximum atomic E-state index is 13.6. The van der Waals surface area contributed by atoms with E-state index in [1.807, 2.05) is 0 Å². The van der Waals surface area contributed by atoms with Crippen molar-refractivity contribution in [2.24, 2.45) is 5.92 Å². The average Bonchev–Trinajstić information content (AvgIpc) is 2.55. The quantitative estimate of drug-likeness (QED) is 0.773. The highest BCUT2D eigenvalue weighted by molar-refractivity contribution is 5.99. The fraction of sp³-hybridized carbons (Fsp3) is 0.611. The molecule has 0 aromatic heterocycles. The van der Waals surface area contributed by atoms with Crippen molar-refractivity contribution >= 4 is 11.6 Å². The molecule has 0 aliphatic carbocycles. The Morgan fingerprint density at radius 2 is 2.00 bits per heavy atom. The number of amides is 1. The monoisotopic (exact) mass is 337 g/mol. The van der Waals surface area contributed by atoms with E-state index >= 15 is 0 Å². The number of anilines is 1. The molecule has 6 heteroatoms. The zero-order valence-electron chi connectivity index (χ0n) is 14.8. The van der Waals surface area contributed by atoms with Gasteiger partial charge in [0.2, 0.25) is 0 Å². The van der Waals surface area contributed by atoms with Crippen LogP contribution in [0.4, 0.5) is 10.1 Å². The van der Waals surface area contributed by atoms with E-state index in [-0.39, 0.29) is 5.91 Å². The fourth-order valence-corrected chi connectivity index (χ4v) is 2.66. The summed E-state index contributed by atoms with van der Waals surface area (Å²) in [7, 11) is 2.08. The molecule has 2 rings (SSSR count). The van der Waals surface area contributed by atoms with Gasteiger partial charge in [-0.2, -0.15) is 0 Å². The van der Waals surface area contributed by atoms with Gasteiger partial charge in [-0.15, -0.1) is 0 Å². The normalized spacial score (nSPS) is 15.8. The molecule has 1 aliphatic heterocycles. The van der Waals surface area contributed by atoms with Crippen molar-refractivity contribution < 1.29 is 13.9 Å². The van der Waals surface area contributed by atoms with Gasteiger partial charge in [-0.05, 0) is 31.2 Å². The number of carbonyl (C=O) groups excluding carboxylic acids is 1. The van der Waals surface area contributed by atoms with E-state index in [9.17, 15) is 9.18 Å². The second-order valence-corrected chi connectivity index (χ2v) is 6.68. The van der Waals surface area contributed by atoms with E-state index in [0.717, 1.165) is 31.9 Å². The molecule has 0 atom stereocenters. The molecule has 5 nitrogen and oxygen atoms in total. The number of piperazine rings is 1. The highest BCUT2D eigenvalue weighted by Crippen LogP contribution is 2.23. The predicted octanol–water partition coefficient (Wildman–Crippen LogP) is 1.98. The lowest BCUT2D eigenvalue weighted by atomic mass is 10.1. The minimum absolute atomic E-state index is 0.253. The van der Waals surface area contributed by atoms with Crippen molar-refractivity contribution in [3.63, 3.8) is 0 Å². The maximum Gasteiger partial charge on any atom is 0.253 e. The van der Waals surface area contributed by atoms with Gasteiger partial charge in [0.1, 0.15) is 5.82 Å². The minimum atomic E-state index is -0.394. The second-order valence-electron chi connectivity index (χ2n) is 6.68. The molecule has 24 heavy (non-hydrogen) atoms. The number of halogens is 1. The summed E-state index contributed by atoms with van der Waals surface area (Å²) in [5, 5.41) is 2.82. The predicted molar refractivity (Wildman–Crippen MR) is 94.1 cm³/mol. The molecular formula is C18H28FN3O2. The molecule has 1 N–H and O–H groups in total. The molecule has 1 heterocycles. The summed E-state index contributed by atoms with van der Waals surface area (Å²) in [6.07, 6.45) is 0. The number of nitrogens with zero attached hydrogens (tertiary/aromatic N) is 2. The summed E-state index contributed by atoms with van der Waals surface area (Å²) in [6, 6.07) is 4.43. The number of nitrogens with one attached hydrogen (secondary N) is 1. The summed E-state index contributed by atoms with van der Waals surface area (Å²) < 4.78 is 19.1. The van der Waals surface area contributed by atoms with Gasteiger partial charge in [0, 0.05) is 45.0 Å². The first-order chi connectivity index (χ1) is 11.5. The first-order valence-corrected chi connectivity index (χ1v) is 8.56. The summed E-state index contributed by atoms with van der Waals surface area (Å²) >= 11 is 0. The number of benzene rings is 1. The Morgan fingerprint density at radius 1 is 1.29 bits per heavy atom. The molecule has 0 unspecified atom stereocenters. The summed E-state index contributed by atoms with van der Waals surface area (Å²) in [4.78, 5) is 16.8. The van der Waals surface area contributed by atoms with Crippen LogP contribution in [0.25, 0.3) is 0 Å². The standard InChI is InChI=1S/C18H28FN3O2/c1-14(2)13-24-11-6-20-18(23)16-12-15(19)4-5-17(16)22-9-7-21(3)8-10-22/h4-5,12,14H,6-11,13H2,1-3H3,(H,20,23). The molecule has 0 saturated carbocycles. The minimum Gasteiger partial charge on any atom is -0.379 e. The average molecular weight is 337 g/mol. The second kappa shape index (κ2) is 8.99. The van der Waals surface area contributed by atoms with E-state index in [0.29, 0.717) is 31.2 Å². The molecule has 1 aromatic rings. The topological polar surface area (TPSA) is 44.8 Å². The summed E-state index contributed by atoms with van der Waals surface area (Å²) in [6.45, 7) is 9.24. The highest BCUT2D eigenvalue weighted by atomic mass is 19.1. The van der Waals surface area contributed by atoms with Gasteiger partial charge in [-0.3, -0.25) is 4.79 Å². The number of carbonyl (C=O) groups is 1.